The number of rotatable bonds is 4. The predicted octanol–water partition coefficient (Wildman–Crippen LogP) is 2.50. The molecule has 0 saturated carbocycles. The van der Waals surface area contributed by atoms with E-state index in [1.165, 1.54) is 19.3 Å². The third-order valence-electron chi connectivity index (χ3n) is 4.36. The third-order valence-corrected chi connectivity index (χ3v) is 4.61. The van der Waals surface area contributed by atoms with E-state index in [0.717, 1.165) is 62.1 Å². The molecule has 22 heavy (non-hydrogen) atoms. The molecule has 120 valence electrons. The minimum absolute atomic E-state index is 0.897. The number of aromatic nitrogens is 2. The number of nitrogens with zero attached hydrogens (tertiary/aromatic N) is 5. The van der Waals surface area contributed by atoms with E-state index < -0.39 is 0 Å². The van der Waals surface area contributed by atoms with Crippen molar-refractivity contribution in [3.05, 3.63) is 23.3 Å². The van der Waals surface area contributed by atoms with Crippen molar-refractivity contribution in [1.29, 1.82) is 0 Å². The van der Waals surface area contributed by atoms with Crippen molar-refractivity contribution in [2.24, 2.45) is 0 Å². The first-order valence-corrected chi connectivity index (χ1v) is 8.90. The van der Waals surface area contributed by atoms with Gasteiger partial charge in [0.15, 0.2) is 0 Å². The summed E-state index contributed by atoms with van der Waals surface area (Å²) in [5.74, 6) is 1.96. The molecule has 2 aliphatic heterocycles. The second-order valence-electron chi connectivity index (χ2n) is 6.04. The number of hydrogen-bond acceptors (Lipinski definition) is 5. The van der Waals surface area contributed by atoms with Crippen LogP contribution in [0.25, 0.3) is 0 Å². The lowest BCUT2D eigenvalue weighted by Crippen LogP contribution is -2.47. The Morgan fingerprint density at radius 2 is 1.77 bits per heavy atom. The molecular formula is C16H24BrN5. The van der Waals surface area contributed by atoms with Crippen LogP contribution in [0.15, 0.2) is 23.3 Å². The molecule has 0 amide bonds. The smallest absolute Gasteiger partial charge is 0.227 e. The maximum absolute atomic E-state index is 4.80. The normalized spacial score (nSPS) is 20.2. The van der Waals surface area contributed by atoms with Crippen LogP contribution in [0.1, 0.15) is 19.3 Å². The van der Waals surface area contributed by atoms with Gasteiger partial charge in [-0.2, -0.15) is 4.98 Å². The minimum Gasteiger partial charge on any atom is -0.354 e. The van der Waals surface area contributed by atoms with E-state index in [0.29, 0.717) is 0 Å². The summed E-state index contributed by atoms with van der Waals surface area (Å²) in [6.07, 6.45) is 5.74. The Balaban J connectivity index is 1.62. The van der Waals surface area contributed by atoms with Crippen LogP contribution in [0.5, 0.6) is 0 Å². The zero-order chi connectivity index (χ0) is 15.4. The zero-order valence-corrected chi connectivity index (χ0v) is 14.6. The number of piperidine rings is 1. The SMILES string of the molecule is C=C(Br)CN1CCN(c2ccnc(N3CCCCC3)n2)CC1. The molecule has 0 aliphatic carbocycles. The van der Waals surface area contributed by atoms with Crippen LogP contribution >= 0.6 is 15.9 Å². The van der Waals surface area contributed by atoms with Crippen molar-refractivity contribution in [3.8, 4) is 0 Å². The molecule has 0 atom stereocenters. The van der Waals surface area contributed by atoms with Crippen molar-refractivity contribution in [2.75, 3.05) is 55.6 Å². The lowest BCUT2D eigenvalue weighted by Gasteiger charge is -2.35. The fourth-order valence-corrected chi connectivity index (χ4v) is 3.49. The second-order valence-corrected chi connectivity index (χ2v) is 7.16. The fourth-order valence-electron chi connectivity index (χ4n) is 3.14. The van der Waals surface area contributed by atoms with Crippen LogP contribution in [0.4, 0.5) is 11.8 Å². The molecule has 5 nitrogen and oxygen atoms in total. The molecule has 0 aromatic carbocycles. The first-order valence-electron chi connectivity index (χ1n) is 8.11. The van der Waals surface area contributed by atoms with Crippen molar-refractivity contribution in [2.45, 2.75) is 19.3 Å². The van der Waals surface area contributed by atoms with Gasteiger partial charge in [0.1, 0.15) is 5.82 Å². The van der Waals surface area contributed by atoms with Gasteiger partial charge in [0.05, 0.1) is 0 Å². The van der Waals surface area contributed by atoms with Crippen LogP contribution in [-0.4, -0.2) is 60.7 Å². The first-order chi connectivity index (χ1) is 10.7. The molecule has 0 unspecified atom stereocenters. The summed E-state index contributed by atoms with van der Waals surface area (Å²) < 4.78 is 1.05. The van der Waals surface area contributed by atoms with Crippen molar-refractivity contribution in [1.82, 2.24) is 14.9 Å². The van der Waals surface area contributed by atoms with E-state index in [-0.39, 0.29) is 0 Å². The monoisotopic (exact) mass is 365 g/mol. The number of anilines is 2. The third kappa shape index (κ3) is 3.98. The van der Waals surface area contributed by atoms with Crippen molar-refractivity contribution < 1.29 is 0 Å². The Kier molecular flexibility index (Phi) is 5.31. The molecule has 2 fully saturated rings. The average Bonchev–Trinajstić information content (AvgIpc) is 2.56. The molecule has 1 aromatic heterocycles. The van der Waals surface area contributed by atoms with Gasteiger partial charge >= 0.3 is 0 Å². The highest BCUT2D eigenvalue weighted by molar-refractivity contribution is 9.11. The summed E-state index contributed by atoms with van der Waals surface area (Å²) in [5, 5.41) is 0. The lowest BCUT2D eigenvalue weighted by atomic mass is 10.1. The van der Waals surface area contributed by atoms with Crippen LogP contribution < -0.4 is 9.80 Å². The first kappa shape index (κ1) is 15.7. The Labute approximate surface area is 141 Å². The van der Waals surface area contributed by atoms with Crippen LogP contribution in [0, 0.1) is 0 Å². The predicted molar refractivity (Wildman–Crippen MR) is 94.8 cm³/mol. The fraction of sp³-hybridized carbons (Fsp3) is 0.625. The molecule has 0 spiro atoms. The quantitative estimate of drug-likeness (QED) is 0.818. The standard InChI is InChI=1S/C16H24BrN5/c1-14(17)13-20-9-11-21(12-10-20)15-5-6-18-16(19-15)22-7-3-2-4-8-22/h5-6H,1-4,7-13H2. The van der Waals surface area contributed by atoms with Gasteiger partial charge in [-0.05, 0) is 25.3 Å². The maximum Gasteiger partial charge on any atom is 0.227 e. The maximum atomic E-state index is 4.80. The largest absolute Gasteiger partial charge is 0.354 e. The molecule has 1 aromatic rings. The number of piperazine rings is 1. The van der Waals surface area contributed by atoms with Gasteiger partial charge < -0.3 is 9.80 Å². The van der Waals surface area contributed by atoms with Gasteiger partial charge in [-0.15, -0.1) is 0 Å². The highest BCUT2D eigenvalue weighted by Crippen LogP contribution is 2.20. The highest BCUT2D eigenvalue weighted by Gasteiger charge is 2.20. The van der Waals surface area contributed by atoms with Crippen molar-refractivity contribution in [3.63, 3.8) is 0 Å². The van der Waals surface area contributed by atoms with E-state index in [1.807, 2.05) is 12.3 Å². The molecule has 0 radical (unpaired) electrons. The van der Waals surface area contributed by atoms with Gasteiger partial charge in [-0.3, -0.25) is 4.90 Å². The van der Waals surface area contributed by atoms with Crippen LogP contribution in [0.3, 0.4) is 0 Å². The summed E-state index contributed by atoms with van der Waals surface area (Å²) >= 11 is 3.45. The van der Waals surface area contributed by atoms with Crippen molar-refractivity contribution >= 4 is 27.7 Å². The van der Waals surface area contributed by atoms with Gasteiger partial charge in [0, 0.05) is 56.5 Å². The average molecular weight is 366 g/mol. The van der Waals surface area contributed by atoms with E-state index in [2.05, 4.69) is 42.2 Å². The molecular weight excluding hydrogens is 342 g/mol. The van der Waals surface area contributed by atoms with E-state index in [4.69, 9.17) is 4.98 Å². The Morgan fingerprint density at radius 3 is 2.45 bits per heavy atom. The summed E-state index contributed by atoms with van der Waals surface area (Å²) in [6, 6.07) is 2.03. The Bertz CT molecular complexity index is 507. The topological polar surface area (TPSA) is 35.5 Å². The van der Waals surface area contributed by atoms with E-state index >= 15 is 0 Å². The second kappa shape index (κ2) is 7.42. The molecule has 0 bridgehead atoms. The highest BCUT2D eigenvalue weighted by atomic mass is 79.9. The number of hydrogen-bond donors (Lipinski definition) is 0. The van der Waals surface area contributed by atoms with E-state index in [1.54, 1.807) is 0 Å². The molecule has 2 aliphatic rings. The van der Waals surface area contributed by atoms with E-state index in [9.17, 15) is 0 Å². The summed E-state index contributed by atoms with van der Waals surface area (Å²) in [4.78, 5) is 16.4. The van der Waals surface area contributed by atoms with Gasteiger partial charge in [0.25, 0.3) is 0 Å². The summed E-state index contributed by atoms with van der Waals surface area (Å²) in [6.45, 7) is 11.1. The molecule has 2 saturated heterocycles. The molecule has 3 rings (SSSR count). The minimum atomic E-state index is 0.897. The zero-order valence-electron chi connectivity index (χ0n) is 13.0. The summed E-state index contributed by atoms with van der Waals surface area (Å²) in [5.41, 5.74) is 0. The number of halogens is 1. The van der Waals surface area contributed by atoms with Gasteiger partial charge in [0.2, 0.25) is 5.95 Å². The Hall–Kier alpha value is -1.14. The summed E-state index contributed by atoms with van der Waals surface area (Å²) in [7, 11) is 0. The van der Waals surface area contributed by atoms with Crippen LogP contribution in [0.2, 0.25) is 0 Å². The Morgan fingerprint density at radius 1 is 1.05 bits per heavy atom. The molecule has 6 heteroatoms. The molecule has 3 heterocycles. The lowest BCUT2D eigenvalue weighted by molar-refractivity contribution is 0.282. The van der Waals surface area contributed by atoms with Crippen LogP contribution in [-0.2, 0) is 0 Å². The van der Waals surface area contributed by atoms with Gasteiger partial charge in [-0.25, -0.2) is 4.98 Å². The van der Waals surface area contributed by atoms with Gasteiger partial charge in [-0.1, -0.05) is 22.5 Å². The molecule has 0 N–H and O–H groups in total.